The molecule has 0 radical (unpaired) electrons. The largest absolute Gasteiger partial charge is 0.503 e. The van der Waals surface area contributed by atoms with Crippen LogP contribution in [0.5, 0.6) is 5.75 Å². The minimum absolute atomic E-state index is 0.0791. The lowest BCUT2D eigenvalue weighted by atomic mass is 10.2. The fourth-order valence-electron chi connectivity index (χ4n) is 1.26. The van der Waals surface area contributed by atoms with Crippen LogP contribution in [0.2, 0.25) is 0 Å². The van der Waals surface area contributed by atoms with Gasteiger partial charge in [0.15, 0.2) is 5.75 Å². The first kappa shape index (κ1) is 9.80. The monoisotopic (exact) mass is 183 g/mol. The molecule has 4 nitrogen and oxygen atoms in total. The molecule has 0 aliphatic heterocycles. The van der Waals surface area contributed by atoms with Crippen molar-refractivity contribution in [2.45, 2.75) is 13.3 Å². The first-order valence-electron chi connectivity index (χ1n) is 4.07. The van der Waals surface area contributed by atoms with Crippen LogP contribution in [0.25, 0.3) is 0 Å². The Bertz CT molecular complexity index is 368. The van der Waals surface area contributed by atoms with Crippen LogP contribution in [0.4, 0.5) is 0 Å². The topological polar surface area (TPSA) is 62.5 Å². The number of pyridine rings is 1. The van der Waals surface area contributed by atoms with E-state index in [1.165, 1.54) is 6.07 Å². The second-order valence-corrected chi connectivity index (χ2v) is 2.98. The van der Waals surface area contributed by atoms with Gasteiger partial charge >= 0.3 is 0 Å². The molecule has 0 unspecified atom stereocenters. The summed E-state index contributed by atoms with van der Waals surface area (Å²) in [6, 6.07) is 1.37. The van der Waals surface area contributed by atoms with E-state index in [9.17, 15) is 9.90 Å². The van der Waals surface area contributed by atoms with E-state index in [0.717, 1.165) is 5.69 Å². The summed E-state index contributed by atoms with van der Waals surface area (Å²) < 4.78 is 1.70. The van der Waals surface area contributed by atoms with E-state index >= 15 is 0 Å². The Hall–Kier alpha value is -1.29. The molecule has 0 saturated heterocycles. The van der Waals surface area contributed by atoms with Crippen molar-refractivity contribution in [3.63, 3.8) is 0 Å². The number of hydrogen-bond donors (Lipinski definition) is 2. The van der Waals surface area contributed by atoms with Gasteiger partial charge in [-0.1, -0.05) is 0 Å². The molecular formula is C9H13NO3. The van der Waals surface area contributed by atoms with Crippen LogP contribution in [-0.4, -0.2) is 21.4 Å². The molecule has 72 valence electrons. The molecule has 1 heterocycles. The van der Waals surface area contributed by atoms with Crippen LogP contribution in [0.3, 0.4) is 0 Å². The third kappa shape index (κ3) is 1.72. The van der Waals surface area contributed by atoms with E-state index in [4.69, 9.17) is 5.11 Å². The summed E-state index contributed by atoms with van der Waals surface area (Å²) in [7, 11) is 1.75. The van der Waals surface area contributed by atoms with Crippen molar-refractivity contribution in [2.75, 3.05) is 6.61 Å². The smallest absolute Gasteiger partial charge is 0.223 e. The maximum Gasteiger partial charge on any atom is 0.223 e. The van der Waals surface area contributed by atoms with Gasteiger partial charge in [-0.15, -0.1) is 0 Å². The summed E-state index contributed by atoms with van der Waals surface area (Å²) in [4.78, 5) is 11.1. The van der Waals surface area contributed by atoms with Crippen LogP contribution in [0, 0.1) is 6.92 Å². The molecule has 0 spiro atoms. The lowest BCUT2D eigenvalue weighted by Gasteiger charge is -2.11. The highest BCUT2D eigenvalue weighted by molar-refractivity contribution is 5.29. The molecule has 1 aromatic rings. The highest BCUT2D eigenvalue weighted by Gasteiger charge is 2.09. The second kappa shape index (κ2) is 3.62. The fraction of sp³-hybridized carbons (Fsp3) is 0.444. The van der Waals surface area contributed by atoms with Crippen molar-refractivity contribution in [3.05, 3.63) is 27.7 Å². The maximum absolute atomic E-state index is 11.1. The minimum atomic E-state index is -0.390. The van der Waals surface area contributed by atoms with Gasteiger partial charge < -0.3 is 14.8 Å². The Morgan fingerprint density at radius 1 is 1.54 bits per heavy atom. The molecule has 1 aromatic heterocycles. The number of rotatable bonds is 2. The number of aromatic nitrogens is 1. The van der Waals surface area contributed by atoms with Gasteiger partial charge in [0.1, 0.15) is 0 Å². The molecule has 0 fully saturated rings. The molecule has 0 atom stereocenters. The molecule has 0 aliphatic rings. The quantitative estimate of drug-likeness (QED) is 0.675. The average Bonchev–Trinajstić information content (AvgIpc) is 2.09. The van der Waals surface area contributed by atoms with Crippen LogP contribution >= 0.6 is 0 Å². The Balaban J connectivity index is 3.37. The first-order valence-corrected chi connectivity index (χ1v) is 4.07. The van der Waals surface area contributed by atoms with E-state index in [1.54, 1.807) is 18.5 Å². The average molecular weight is 183 g/mol. The molecule has 1 rings (SSSR count). The van der Waals surface area contributed by atoms with E-state index in [0.29, 0.717) is 12.1 Å². The third-order valence-electron chi connectivity index (χ3n) is 2.13. The molecule has 2 N–H and O–H groups in total. The van der Waals surface area contributed by atoms with Crippen LogP contribution in [-0.2, 0) is 13.5 Å². The van der Waals surface area contributed by atoms with E-state index in [-0.39, 0.29) is 17.8 Å². The van der Waals surface area contributed by atoms with Crippen molar-refractivity contribution in [1.29, 1.82) is 0 Å². The molecule has 0 saturated carbocycles. The Labute approximate surface area is 76.1 Å². The van der Waals surface area contributed by atoms with Gasteiger partial charge in [0.2, 0.25) is 5.43 Å². The predicted molar refractivity (Wildman–Crippen MR) is 48.9 cm³/mol. The molecular weight excluding hydrogens is 170 g/mol. The van der Waals surface area contributed by atoms with Crippen molar-refractivity contribution < 1.29 is 10.2 Å². The van der Waals surface area contributed by atoms with Gasteiger partial charge in [-0.3, -0.25) is 4.79 Å². The zero-order valence-electron chi connectivity index (χ0n) is 7.74. The summed E-state index contributed by atoms with van der Waals surface area (Å²) in [6.07, 6.45) is 0.291. The van der Waals surface area contributed by atoms with E-state index < -0.39 is 0 Å². The lowest BCUT2D eigenvalue weighted by Crippen LogP contribution is -2.14. The van der Waals surface area contributed by atoms with Gasteiger partial charge in [0.05, 0.1) is 5.69 Å². The van der Waals surface area contributed by atoms with Crippen molar-refractivity contribution in [1.82, 2.24) is 4.57 Å². The van der Waals surface area contributed by atoms with Crippen molar-refractivity contribution in [2.24, 2.45) is 7.05 Å². The van der Waals surface area contributed by atoms with Gasteiger partial charge in [-0.05, 0) is 6.92 Å². The first-order chi connectivity index (χ1) is 6.07. The Morgan fingerprint density at radius 2 is 2.15 bits per heavy atom. The van der Waals surface area contributed by atoms with Crippen molar-refractivity contribution in [3.8, 4) is 5.75 Å². The van der Waals surface area contributed by atoms with Gasteiger partial charge in [0.25, 0.3) is 0 Å². The summed E-state index contributed by atoms with van der Waals surface area (Å²) in [6.45, 7) is 1.70. The van der Waals surface area contributed by atoms with Crippen molar-refractivity contribution >= 4 is 0 Å². The highest BCUT2D eigenvalue weighted by atomic mass is 16.3. The second-order valence-electron chi connectivity index (χ2n) is 2.98. The summed E-state index contributed by atoms with van der Waals surface area (Å²) in [5.74, 6) is -0.262. The number of aromatic hydroxyl groups is 1. The number of aliphatic hydroxyl groups is 1. The summed E-state index contributed by atoms with van der Waals surface area (Å²) in [5, 5.41) is 18.1. The van der Waals surface area contributed by atoms with Crippen LogP contribution in [0.1, 0.15) is 11.4 Å². The molecule has 0 aromatic carbocycles. The number of aliphatic hydroxyl groups excluding tert-OH is 1. The summed E-state index contributed by atoms with van der Waals surface area (Å²) in [5.41, 5.74) is 0.859. The Kier molecular flexibility index (Phi) is 2.72. The third-order valence-corrected chi connectivity index (χ3v) is 2.13. The predicted octanol–water partition coefficient (Wildman–Crippen LogP) is -0.0659. The van der Waals surface area contributed by atoms with E-state index in [1.807, 2.05) is 0 Å². The molecule has 0 amide bonds. The maximum atomic E-state index is 11.1. The van der Waals surface area contributed by atoms with Crippen LogP contribution in [0.15, 0.2) is 10.9 Å². The summed E-state index contributed by atoms with van der Waals surface area (Å²) >= 11 is 0. The molecule has 13 heavy (non-hydrogen) atoms. The molecule has 0 bridgehead atoms. The number of hydrogen-bond acceptors (Lipinski definition) is 3. The zero-order chi connectivity index (χ0) is 10.0. The molecule has 4 heteroatoms. The lowest BCUT2D eigenvalue weighted by molar-refractivity contribution is 0.293. The fourth-order valence-corrected chi connectivity index (χ4v) is 1.26. The minimum Gasteiger partial charge on any atom is -0.503 e. The Morgan fingerprint density at radius 3 is 2.69 bits per heavy atom. The van der Waals surface area contributed by atoms with E-state index in [2.05, 4.69) is 0 Å². The normalized spacial score (nSPS) is 10.4. The van der Waals surface area contributed by atoms with Crippen LogP contribution < -0.4 is 5.43 Å². The zero-order valence-corrected chi connectivity index (χ0v) is 7.74. The van der Waals surface area contributed by atoms with Gasteiger partial charge in [-0.25, -0.2) is 0 Å². The van der Waals surface area contributed by atoms with Gasteiger partial charge in [0, 0.05) is 31.8 Å². The van der Waals surface area contributed by atoms with Gasteiger partial charge in [-0.2, -0.15) is 0 Å². The highest BCUT2D eigenvalue weighted by Crippen LogP contribution is 2.12. The number of nitrogens with zero attached hydrogens (tertiary/aromatic N) is 1. The molecule has 0 aliphatic carbocycles. The SMILES string of the molecule is Cc1cc(=O)c(O)c(CCO)n1C. The standard InChI is InChI=1S/C9H13NO3/c1-6-5-8(12)9(13)7(3-4-11)10(6)2/h5,11,13H,3-4H2,1-2H3. The number of aryl methyl sites for hydroxylation is 1.